The van der Waals surface area contributed by atoms with Crippen LogP contribution < -0.4 is 5.32 Å². The summed E-state index contributed by atoms with van der Waals surface area (Å²) in [6.45, 7) is 7.21. The van der Waals surface area contributed by atoms with Crippen LogP contribution in [0.3, 0.4) is 0 Å². The fraction of sp³-hybridized carbons (Fsp3) is 0.533. The van der Waals surface area contributed by atoms with Crippen molar-refractivity contribution >= 4 is 5.91 Å². The molecule has 1 heterocycles. The maximum atomic E-state index is 12.0. The van der Waals surface area contributed by atoms with E-state index in [0.29, 0.717) is 6.04 Å². The van der Waals surface area contributed by atoms with Crippen LogP contribution >= 0.6 is 0 Å². The van der Waals surface area contributed by atoms with E-state index in [1.165, 1.54) is 24.9 Å². The summed E-state index contributed by atoms with van der Waals surface area (Å²) in [6.07, 6.45) is 2.45. The number of nitrogens with zero attached hydrogens (tertiary/aromatic N) is 1. The van der Waals surface area contributed by atoms with Gasteiger partial charge in [0.1, 0.15) is 0 Å². The zero-order valence-corrected chi connectivity index (χ0v) is 11.3. The Morgan fingerprint density at radius 3 is 2.78 bits per heavy atom. The molecule has 0 saturated carbocycles. The molecule has 3 heteroatoms. The fourth-order valence-corrected chi connectivity index (χ4v) is 2.56. The van der Waals surface area contributed by atoms with Crippen LogP contribution in [0.2, 0.25) is 0 Å². The predicted octanol–water partition coefficient (Wildman–Crippen LogP) is 2.21. The molecule has 0 aromatic heterocycles. The smallest absolute Gasteiger partial charge is 0.251 e. The number of likely N-dealkylation sites (tertiary alicyclic amines) is 1. The minimum atomic E-state index is 0.0398. The quantitative estimate of drug-likeness (QED) is 0.883. The third kappa shape index (κ3) is 3.10. The molecule has 1 N–H and O–H groups in total. The van der Waals surface area contributed by atoms with Crippen LogP contribution in [0.15, 0.2) is 24.3 Å². The molecule has 1 amide bonds. The molecule has 1 fully saturated rings. The van der Waals surface area contributed by atoms with Gasteiger partial charge in [0.2, 0.25) is 0 Å². The van der Waals surface area contributed by atoms with E-state index in [-0.39, 0.29) is 5.91 Å². The van der Waals surface area contributed by atoms with Gasteiger partial charge in [-0.1, -0.05) is 24.6 Å². The number of carbonyl (C=O) groups is 1. The van der Waals surface area contributed by atoms with Crippen molar-refractivity contribution in [3.63, 3.8) is 0 Å². The van der Waals surface area contributed by atoms with Gasteiger partial charge in [-0.3, -0.25) is 9.69 Å². The molecular weight excluding hydrogens is 224 g/mol. The number of nitrogens with one attached hydrogen (secondary N) is 1. The molecule has 2 rings (SSSR count). The van der Waals surface area contributed by atoms with Gasteiger partial charge in [0.05, 0.1) is 0 Å². The minimum Gasteiger partial charge on any atom is -0.350 e. The van der Waals surface area contributed by atoms with Crippen molar-refractivity contribution in [1.29, 1.82) is 0 Å². The summed E-state index contributed by atoms with van der Waals surface area (Å²) in [7, 11) is 0. The van der Waals surface area contributed by atoms with E-state index in [4.69, 9.17) is 0 Å². The Hall–Kier alpha value is -1.35. The van der Waals surface area contributed by atoms with Crippen LogP contribution in [0.5, 0.6) is 0 Å². The van der Waals surface area contributed by atoms with Crippen molar-refractivity contribution in [2.24, 2.45) is 0 Å². The Morgan fingerprint density at radius 1 is 1.39 bits per heavy atom. The lowest BCUT2D eigenvalue weighted by atomic mass is 10.1. The first-order chi connectivity index (χ1) is 8.70. The summed E-state index contributed by atoms with van der Waals surface area (Å²) in [5, 5.41) is 3.04. The van der Waals surface area contributed by atoms with Crippen molar-refractivity contribution in [2.75, 3.05) is 19.6 Å². The second kappa shape index (κ2) is 6.01. The van der Waals surface area contributed by atoms with Crippen molar-refractivity contribution in [3.8, 4) is 0 Å². The first kappa shape index (κ1) is 13.1. The van der Waals surface area contributed by atoms with Gasteiger partial charge in [-0.25, -0.2) is 0 Å². The molecule has 0 radical (unpaired) electrons. The van der Waals surface area contributed by atoms with Gasteiger partial charge >= 0.3 is 0 Å². The number of benzene rings is 1. The molecule has 1 aromatic rings. The molecule has 3 nitrogen and oxygen atoms in total. The topological polar surface area (TPSA) is 32.3 Å². The molecule has 1 aromatic carbocycles. The van der Waals surface area contributed by atoms with Gasteiger partial charge < -0.3 is 5.32 Å². The van der Waals surface area contributed by atoms with Crippen molar-refractivity contribution in [1.82, 2.24) is 10.2 Å². The van der Waals surface area contributed by atoms with Gasteiger partial charge in [0.15, 0.2) is 0 Å². The van der Waals surface area contributed by atoms with E-state index in [1.54, 1.807) is 0 Å². The highest BCUT2D eigenvalue weighted by Gasteiger charge is 2.23. The highest BCUT2D eigenvalue weighted by Crippen LogP contribution is 2.15. The molecule has 1 saturated heterocycles. The number of likely N-dealkylation sites (N-methyl/N-ethyl adjacent to an activating group) is 1. The second-order valence-corrected chi connectivity index (χ2v) is 5.00. The standard InChI is InChI=1S/C15H22N2O/c1-3-17-10-4-5-14(17)11-16-15(18)13-8-6-12(2)7-9-13/h6-9,14H,3-5,10-11H2,1-2H3,(H,16,18)/t14-/m0/s1. The molecule has 1 atom stereocenters. The zero-order chi connectivity index (χ0) is 13.0. The van der Waals surface area contributed by atoms with Crippen molar-refractivity contribution < 1.29 is 4.79 Å². The molecule has 98 valence electrons. The monoisotopic (exact) mass is 246 g/mol. The molecular formula is C15H22N2O. The average molecular weight is 246 g/mol. The Labute approximate surface area is 109 Å². The van der Waals surface area contributed by atoms with E-state index in [1.807, 2.05) is 31.2 Å². The summed E-state index contributed by atoms with van der Waals surface area (Å²) in [5.74, 6) is 0.0398. The molecule has 0 spiro atoms. The highest BCUT2D eigenvalue weighted by atomic mass is 16.1. The van der Waals surface area contributed by atoms with Gasteiger partial charge in [0, 0.05) is 18.2 Å². The van der Waals surface area contributed by atoms with Crippen molar-refractivity contribution in [3.05, 3.63) is 35.4 Å². The van der Waals surface area contributed by atoms with Crippen molar-refractivity contribution in [2.45, 2.75) is 32.7 Å². The number of rotatable bonds is 4. The summed E-state index contributed by atoms with van der Waals surface area (Å²) in [6, 6.07) is 8.24. The number of aryl methyl sites for hydroxylation is 1. The highest BCUT2D eigenvalue weighted by molar-refractivity contribution is 5.94. The molecule has 0 aliphatic carbocycles. The first-order valence-electron chi connectivity index (χ1n) is 6.79. The van der Waals surface area contributed by atoms with Gasteiger partial charge in [-0.15, -0.1) is 0 Å². The second-order valence-electron chi connectivity index (χ2n) is 5.00. The number of hydrogen-bond acceptors (Lipinski definition) is 2. The summed E-state index contributed by atoms with van der Waals surface area (Å²) >= 11 is 0. The van der Waals surface area contributed by atoms with E-state index in [0.717, 1.165) is 18.7 Å². The van der Waals surface area contributed by atoms with Gasteiger partial charge in [0.25, 0.3) is 5.91 Å². The van der Waals surface area contributed by atoms with E-state index < -0.39 is 0 Å². The predicted molar refractivity (Wildman–Crippen MR) is 73.8 cm³/mol. The third-order valence-corrected chi connectivity index (χ3v) is 3.72. The Balaban J connectivity index is 1.86. The SMILES string of the molecule is CCN1CCC[C@H]1CNC(=O)c1ccc(C)cc1. The zero-order valence-electron chi connectivity index (χ0n) is 11.3. The molecule has 0 bridgehead atoms. The summed E-state index contributed by atoms with van der Waals surface area (Å²) < 4.78 is 0. The van der Waals surface area contributed by atoms with Crippen LogP contribution in [0.1, 0.15) is 35.7 Å². The normalized spacial score (nSPS) is 20.0. The van der Waals surface area contributed by atoms with Crippen LogP contribution in [0.4, 0.5) is 0 Å². The van der Waals surface area contributed by atoms with Gasteiger partial charge in [-0.2, -0.15) is 0 Å². The van der Waals surface area contributed by atoms with E-state index in [2.05, 4.69) is 17.1 Å². The summed E-state index contributed by atoms with van der Waals surface area (Å²) in [5.41, 5.74) is 1.93. The van der Waals surface area contributed by atoms with Gasteiger partial charge in [-0.05, 0) is 45.0 Å². The first-order valence-corrected chi connectivity index (χ1v) is 6.79. The van der Waals surface area contributed by atoms with E-state index >= 15 is 0 Å². The maximum Gasteiger partial charge on any atom is 0.251 e. The average Bonchev–Trinajstić information content (AvgIpc) is 2.84. The molecule has 1 aliphatic heterocycles. The lowest BCUT2D eigenvalue weighted by Gasteiger charge is -2.22. The Bertz CT molecular complexity index is 399. The van der Waals surface area contributed by atoms with Crippen LogP contribution in [0, 0.1) is 6.92 Å². The Kier molecular flexibility index (Phi) is 4.37. The van der Waals surface area contributed by atoms with Crippen LogP contribution in [-0.4, -0.2) is 36.5 Å². The van der Waals surface area contributed by atoms with Crippen LogP contribution in [-0.2, 0) is 0 Å². The molecule has 1 aliphatic rings. The lowest BCUT2D eigenvalue weighted by molar-refractivity contribution is 0.0941. The fourth-order valence-electron chi connectivity index (χ4n) is 2.56. The largest absolute Gasteiger partial charge is 0.350 e. The number of hydrogen-bond donors (Lipinski definition) is 1. The van der Waals surface area contributed by atoms with E-state index in [9.17, 15) is 4.79 Å². The third-order valence-electron chi connectivity index (χ3n) is 3.72. The van der Waals surface area contributed by atoms with Crippen LogP contribution in [0.25, 0.3) is 0 Å². The lowest BCUT2D eigenvalue weighted by Crippen LogP contribution is -2.40. The minimum absolute atomic E-state index is 0.0398. The molecule has 18 heavy (non-hydrogen) atoms. The summed E-state index contributed by atoms with van der Waals surface area (Å²) in [4.78, 5) is 14.4. The molecule has 0 unspecified atom stereocenters. The number of amides is 1. The maximum absolute atomic E-state index is 12.0. The number of carbonyl (C=O) groups excluding carboxylic acids is 1. The Morgan fingerprint density at radius 2 is 2.11 bits per heavy atom.